The molecule has 0 aromatic carbocycles. The zero-order valence-corrected chi connectivity index (χ0v) is 6.76. The van der Waals surface area contributed by atoms with E-state index in [4.69, 9.17) is 0 Å². The van der Waals surface area contributed by atoms with Crippen molar-refractivity contribution in [3.05, 3.63) is 12.7 Å². The SMILES string of the molecule is C=CCCCC(=O)N(C)C. The average Bonchev–Trinajstić information content (AvgIpc) is 1.88. The molecule has 0 rings (SSSR count). The predicted octanol–water partition coefficient (Wildman–Crippen LogP) is 1.43. The molecule has 0 N–H and O–H groups in total. The van der Waals surface area contributed by atoms with Crippen molar-refractivity contribution in [2.45, 2.75) is 19.3 Å². The van der Waals surface area contributed by atoms with E-state index >= 15 is 0 Å². The third kappa shape index (κ3) is 4.13. The molecule has 0 aliphatic heterocycles. The molecule has 1 amide bonds. The van der Waals surface area contributed by atoms with Gasteiger partial charge in [0.05, 0.1) is 0 Å². The molecule has 10 heavy (non-hydrogen) atoms. The second-order valence-electron chi connectivity index (χ2n) is 2.47. The molecule has 0 aliphatic carbocycles. The van der Waals surface area contributed by atoms with Gasteiger partial charge in [0.2, 0.25) is 5.91 Å². The summed E-state index contributed by atoms with van der Waals surface area (Å²) in [7, 11) is 3.55. The highest BCUT2D eigenvalue weighted by Crippen LogP contribution is 1.97. The number of hydrogen-bond acceptors (Lipinski definition) is 1. The summed E-state index contributed by atoms with van der Waals surface area (Å²) in [6.45, 7) is 3.58. The summed E-state index contributed by atoms with van der Waals surface area (Å²) < 4.78 is 0. The fourth-order valence-electron chi connectivity index (χ4n) is 0.621. The van der Waals surface area contributed by atoms with Crippen LogP contribution in [0, 0.1) is 0 Å². The number of carbonyl (C=O) groups is 1. The summed E-state index contributed by atoms with van der Waals surface area (Å²) >= 11 is 0. The fraction of sp³-hybridized carbons (Fsp3) is 0.625. The van der Waals surface area contributed by atoms with Crippen molar-refractivity contribution < 1.29 is 4.79 Å². The number of unbranched alkanes of at least 4 members (excludes halogenated alkanes) is 1. The monoisotopic (exact) mass is 141 g/mol. The van der Waals surface area contributed by atoms with Crippen LogP contribution in [0.4, 0.5) is 0 Å². The molecule has 0 aromatic heterocycles. The number of amides is 1. The summed E-state index contributed by atoms with van der Waals surface area (Å²) in [6, 6.07) is 0. The van der Waals surface area contributed by atoms with Crippen LogP contribution in [0.25, 0.3) is 0 Å². The third-order valence-electron chi connectivity index (χ3n) is 1.30. The first-order valence-corrected chi connectivity index (χ1v) is 3.49. The van der Waals surface area contributed by atoms with E-state index in [1.165, 1.54) is 0 Å². The molecule has 0 spiro atoms. The summed E-state index contributed by atoms with van der Waals surface area (Å²) in [4.78, 5) is 12.5. The molecule has 0 bridgehead atoms. The molecule has 58 valence electrons. The van der Waals surface area contributed by atoms with E-state index in [0.29, 0.717) is 6.42 Å². The van der Waals surface area contributed by atoms with Gasteiger partial charge in [-0.05, 0) is 12.8 Å². The lowest BCUT2D eigenvalue weighted by Crippen LogP contribution is -2.20. The Morgan fingerprint density at radius 3 is 2.60 bits per heavy atom. The number of rotatable bonds is 4. The Morgan fingerprint density at radius 2 is 2.20 bits per heavy atom. The summed E-state index contributed by atoms with van der Waals surface area (Å²) in [5, 5.41) is 0. The van der Waals surface area contributed by atoms with Gasteiger partial charge in [-0.25, -0.2) is 0 Å². The van der Waals surface area contributed by atoms with Crippen molar-refractivity contribution in [1.29, 1.82) is 0 Å². The lowest BCUT2D eigenvalue weighted by molar-refractivity contribution is -0.128. The van der Waals surface area contributed by atoms with Gasteiger partial charge in [0.1, 0.15) is 0 Å². The van der Waals surface area contributed by atoms with Gasteiger partial charge in [-0.3, -0.25) is 4.79 Å². The van der Waals surface area contributed by atoms with Crippen LogP contribution < -0.4 is 0 Å². The van der Waals surface area contributed by atoms with Gasteiger partial charge in [-0.15, -0.1) is 6.58 Å². The van der Waals surface area contributed by atoms with Gasteiger partial charge in [0.15, 0.2) is 0 Å². The molecule has 0 radical (unpaired) electrons. The Kier molecular flexibility index (Phi) is 4.63. The second kappa shape index (κ2) is 5.03. The standard InChI is InChI=1S/C8H15NO/c1-4-5-6-7-8(10)9(2)3/h4H,1,5-7H2,2-3H3. The molecular formula is C8H15NO. The molecule has 2 nitrogen and oxygen atoms in total. The molecule has 0 aliphatic rings. The van der Waals surface area contributed by atoms with Crippen LogP contribution in [0.2, 0.25) is 0 Å². The van der Waals surface area contributed by atoms with Crippen LogP contribution in [0.5, 0.6) is 0 Å². The van der Waals surface area contributed by atoms with Gasteiger partial charge < -0.3 is 4.90 Å². The second-order valence-corrected chi connectivity index (χ2v) is 2.47. The zero-order chi connectivity index (χ0) is 7.98. The largest absolute Gasteiger partial charge is 0.349 e. The summed E-state index contributed by atoms with van der Waals surface area (Å²) in [5.41, 5.74) is 0. The van der Waals surface area contributed by atoms with E-state index in [1.54, 1.807) is 19.0 Å². The van der Waals surface area contributed by atoms with E-state index < -0.39 is 0 Å². The van der Waals surface area contributed by atoms with Crippen LogP contribution >= 0.6 is 0 Å². The van der Waals surface area contributed by atoms with Crippen molar-refractivity contribution in [2.24, 2.45) is 0 Å². The molecule has 0 aromatic rings. The van der Waals surface area contributed by atoms with E-state index in [2.05, 4.69) is 6.58 Å². The van der Waals surface area contributed by atoms with Crippen LogP contribution in [0.1, 0.15) is 19.3 Å². The zero-order valence-electron chi connectivity index (χ0n) is 6.76. The first-order chi connectivity index (χ1) is 4.68. The van der Waals surface area contributed by atoms with E-state index in [1.807, 2.05) is 6.08 Å². The highest BCUT2D eigenvalue weighted by Gasteiger charge is 2.00. The van der Waals surface area contributed by atoms with Crippen LogP contribution in [-0.4, -0.2) is 24.9 Å². The topological polar surface area (TPSA) is 20.3 Å². The summed E-state index contributed by atoms with van der Waals surface area (Å²) in [6.07, 6.45) is 4.32. The average molecular weight is 141 g/mol. The Bertz CT molecular complexity index is 118. The fourth-order valence-corrected chi connectivity index (χ4v) is 0.621. The number of hydrogen-bond donors (Lipinski definition) is 0. The van der Waals surface area contributed by atoms with Crippen LogP contribution in [0.3, 0.4) is 0 Å². The van der Waals surface area contributed by atoms with Gasteiger partial charge in [-0.2, -0.15) is 0 Å². The van der Waals surface area contributed by atoms with E-state index in [9.17, 15) is 4.79 Å². The van der Waals surface area contributed by atoms with Crippen LogP contribution in [-0.2, 0) is 4.79 Å². The number of nitrogens with zero attached hydrogens (tertiary/aromatic N) is 1. The maximum atomic E-state index is 10.9. The van der Waals surface area contributed by atoms with Crippen molar-refractivity contribution >= 4 is 5.91 Å². The normalized spacial score (nSPS) is 9.00. The molecule has 0 atom stereocenters. The minimum absolute atomic E-state index is 0.196. The maximum absolute atomic E-state index is 10.9. The third-order valence-corrected chi connectivity index (χ3v) is 1.30. The lowest BCUT2D eigenvalue weighted by Gasteiger charge is -2.08. The molecule has 0 heterocycles. The van der Waals surface area contributed by atoms with Crippen LogP contribution in [0.15, 0.2) is 12.7 Å². The van der Waals surface area contributed by atoms with E-state index in [0.717, 1.165) is 12.8 Å². The Labute approximate surface area is 62.5 Å². The smallest absolute Gasteiger partial charge is 0.222 e. The molecule has 0 saturated heterocycles. The van der Waals surface area contributed by atoms with Crippen molar-refractivity contribution in [1.82, 2.24) is 4.90 Å². The quantitative estimate of drug-likeness (QED) is 0.428. The molecule has 0 saturated carbocycles. The Hall–Kier alpha value is -0.790. The predicted molar refractivity (Wildman–Crippen MR) is 42.7 cm³/mol. The van der Waals surface area contributed by atoms with Gasteiger partial charge in [0.25, 0.3) is 0 Å². The van der Waals surface area contributed by atoms with Crippen molar-refractivity contribution in [3.8, 4) is 0 Å². The highest BCUT2D eigenvalue weighted by molar-refractivity contribution is 5.75. The molecule has 0 fully saturated rings. The summed E-state index contributed by atoms with van der Waals surface area (Å²) in [5.74, 6) is 0.196. The van der Waals surface area contributed by atoms with E-state index in [-0.39, 0.29) is 5.91 Å². The Morgan fingerprint density at radius 1 is 1.60 bits per heavy atom. The van der Waals surface area contributed by atoms with Crippen molar-refractivity contribution in [2.75, 3.05) is 14.1 Å². The highest BCUT2D eigenvalue weighted by atomic mass is 16.2. The first-order valence-electron chi connectivity index (χ1n) is 3.49. The minimum atomic E-state index is 0.196. The Balaban J connectivity index is 3.30. The lowest BCUT2D eigenvalue weighted by atomic mass is 10.2. The maximum Gasteiger partial charge on any atom is 0.222 e. The number of allylic oxidation sites excluding steroid dienone is 1. The molecular weight excluding hydrogens is 126 g/mol. The molecule has 2 heteroatoms. The minimum Gasteiger partial charge on any atom is -0.349 e. The van der Waals surface area contributed by atoms with Crippen molar-refractivity contribution in [3.63, 3.8) is 0 Å². The number of carbonyl (C=O) groups excluding carboxylic acids is 1. The molecule has 0 unspecified atom stereocenters. The first kappa shape index (κ1) is 9.21. The van der Waals surface area contributed by atoms with Gasteiger partial charge in [-0.1, -0.05) is 6.08 Å². The van der Waals surface area contributed by atoms with Gasteiger partial charge in [0, 0.05) is 20.5 Å². The van der Waals surface area contributed by atoms with Gasteiger partial charge >= 0.3 is 0 Å².